The number of nitrogens with zero attached hydrogens (tertiary/aromatic N) is 3. The van der Waals surface area contributed by atoms with Gasteiger partial charge in [-0.3, -0.25) is 4.90 Å². The van der Waals surface area contributed by atoms with E-state index in [1.165, 1.54) is 12.8 Å². The topological polar surface area (TPSA) is 41.1 Å². The lowest BCUT2D eigenvalue weighted by Crippen LogP contribution is -2.61. The summed E-state index contributed by atoms with van der Waals surface area (Å²) in [6.07, 6.45) is 5.51. The lowest BCUT2D eigenvalue weighted by Gasteiger charge is -2.53. The highest BCUT2D eigenvalue weighted by atomic mass is 35.5. The lowest BCUT2D eigenvalue weighted by molar-refractivity contribution is -0.00863. The van der Waals surface area contributed by atoms with Crippen molar-refractivity contribution in [3.8, 4) is 0 Å². The van der Waals surface area contributed by atoms with Gasteiger partial charge >= 0.3 is 0 Å². The predicted octanol–water partition coefficient (Wildman–Crippen LogP) is 3.48. The number of aromatic nitrogens is 2. The molecule has 2 saturated heterocycles. The van der Waals surface area contributed by atoms with Crippen LogP contribution in [-0.2, 0) is 0 Å². The third-order valence-electron chi connectivity index (χ3n) is 4.97. The first-order chi connectivity index (χ1) is 9.80. The molecule has 2 aliphatic rings. The van der Waals surface area contributed by atoms with Crippen molar-refractivity contribution in [3.05, 3.63) is 17.3 Å². The Hall–Kier alpha value is -0.940. The van der Waals surface area contributed by atoms with Gasteiger partial charge in [-0.25, -0.2) is 9.37 Å². The zero-order valence-electron chi connectivity index (χ0n) is 12.8. The molecule has 21 heavy (non-hydrogen) atoms. The molecule has 3 rings (SSSR count). The van der Waals surface area contributed by atoms with E-state index in [9.17, 15) is 4.39 Å². The summed E-state index contributed by atoms with van der Waals surface area (Å²) in [5.74, 6) is -0.234. The summed E-state index contributed by atoms with van der Waals surface area (Å²) in [6.45, 7) is 8.02. The van der Waals surface area contributed by atoms with Crippen LogP contribution in [0.3, 0.4) is 0 Å². The molecule has 0 saturated carbocycles. The fourth-order valence-corrected chi connectivity index (χ4v) is 4.46. The molecule has 116 valence electrons. The maximum Gasteiger partial charge on any atom is 0.224 e. The second kappa shape index (κ2) is 5.06. The van der Waals surface area contributed by atoms with Crippen LogP contribution in [0.2, 0.25) is 5.28 Å². The average Bonchev–Trinajstić information content (AvgIpc) is 2.76. The Morgan fingerprint density at radius 3 is 2.90 bits per heavy atom. The standard InChI is InChI=1S/C15H22ClFN4/c1-14(2)7-10(8-15(3)5-4-6-21(14)15)19-12-11(17)9-18-13(16)20-12/h9-10H,4-8H2,1-3H3,(H,18,19,20)/t10-,15-/m0/s1. The van der Waals surface area contributed by atoms with Crippen molar-refractivity contribution in [1.82, 2.24) is 14.9 Å². The first-order valence-corrected chi connectivity index (χ1v) is 7.90. The average molecular weight is 313 g/mol. The van der Waals surface area contributed by atoms with Gasteiger partial charge in [0.05, 0.1) is 6.20 Å². The minimum Gasteiger partial charge on any atom is -0.365 e. The quantitative estimate of drug-likeness (QED) is 0.849. The molecule has 0 unspecified atom stereocenters. The van der Waals surface area contributed by atoms with Crippen LogP contribution in [0.4, 0.5) is 10.2 Å². The van der Waals surface area contributed by atoms with Gasteiger partial charge in [-0.05, 0) is 64.6 Å². The van der Waals surface area contributed by atoms with Crippen molar-refractivity contribution in [1.29, 1.82) is 0 Å². The van der Waals surface area contributed by atoms with E-state index >= 15 is 0 Å². The first-order valence-electron chi connectivity index (χ1n) is 7.52. The summed E-state index contributed by atoms with van der Waals surface area (Å²) in [4.78, 5) is 10.2. The van der Waals surface area contributed by atoms with Crippen molar-refractivity contribution >= 4 is 17.4 Å². The van der Waals surface area contributed by atoms with E-state index in [-0.39, 0.29) is 28.2 Å². The summed E-state index contributed by atoms with van der Waals surface area (Å²) < 4.78 is 13.8. The molecule has 0 amide bonds. The van der Waals surface area contributed by atoms with E-state index in [1.54, 1.807) is 0 Å². The molecule has 2 fully saturated rings. The summed E-state index contributed by atoms with van der Waals surface area (Å²) in [5, 5.41) is 3.32. The number of halogens is 2. The summed E-state index contributed by atoms with van der Waals surface area (Å²) in [6, 6.07) is 0.194. The van der Waals surface area contributed by atoms with Gasteiger partial charge in [0.2, 0.25) is 5.28 Å². The Bertz CT molecular complexity index is 550. The molecular weight excluding hydrogens is 291 g/mol. The Morgan fingerprint density at radius 2 is 2.14 bits per heavy atom. The molecular formula is C15H22ClFN4. The molecule has 2 atom stereocenters. The highest BCUT2D eigenvalue weighted by Gasteiger charge is 2.50. The fraction of sp³-hybridized carbons (Fsp3) is 0.733. The first kappa shape index (κ1) is 15.0. The van der Waals surface area contributed by atoms with Gasteiger partial charge in [0.15, 0.2) is 11.6 Å². The van der Waals surface area contributed by atoms with Crippen LogP contribution in [0.25, 0.3) is 0 Å². The summed E-state index contributed by atoms with van der Waals surface area (Å²) in [5.41, 5.74) is 0.293. The third-order valence-corrected chi connectivity index (χ3v) is 5.15. The highest BCUT2D eigenvalue weighted by Crippen LogP contribution is 2.45. The maximum absolute atomic E-state index is 13.8. The van der Waals surface area contributed by atoms with Gasteiger partial charge in [-0.15, -0.1) is 0 Å². The normalized spacial score (nSPS) is 32.0. The van der Waals surface area contributed by atoms with Crippen molar-refractivity contribution in [2.45, 2.75) is 63.6 Å². The molecule has 2 aliphatic heterocycles. The van der Waals surface area contributed by atoms with Crippen molar-refractivity contribution < 1.29 is 4.39 Å². The van der Waals surface area contributed by atoms with Crippen molar-refractivity contribution in [2.75, 3.05) is 11.9 Å². The number of rotatable bonds is 2. The van der Waals surface area contributed by atoms with Crippen LogP contribution < -0.4 is 5.32 Å². The molecule has 6 heteroatoms. The molecule has 0 bridgehead atoms. The zero-order chi connectivity index (χ0) is 15.3. The van der Waals surface area contributed by atoms with Gasteiger partial charge < -0.3 is 5.32 Å². The minimum absolute atomic E-state index is 0.0719. The largest absolute Gasteiger partial charge is 0.365 e. The lowest BCUT2D eigenvalue weighted by atomic mass is 9.77. The number of piperidine rings is 1. The molecule has 0 spiro atoms. The van der Waals surface area contributed by atoms with E-state index < -0.39 is 5.82 Å². The smallest absolute Gasteiger partial charge is 0.224 e. The summed E-state index contributed by atoms with van der Waals surface area (Å²) in [7, 11) is 0. The molecule has 1 N–H and O–H groups in total. The van der Waals surface area contributed by atoms with Crippen molar-refractivity contribution in [3.63, 3.8) is 0 Å². The second-order valence-electron chi connectivity index (χ2n) is 7.15. The second-order valence-corrected chi connectivity index (χ2v) is 7.49. The van der Waals surface area contributed by atoms with Gasteiger partial charge in [0.25, 0.3) is 0 Å². The van der Waals surface area contributed by atoms with Crippen LogP contribution in [0.15, 0.2) is 6.20 Å². The molecule has 1 aromatic heterocycles. The van der Waals surface area contributed by atoms with E-state index in [1.807, 2.05) is 0 Å². The molecule has 0 aliphatic carbocycles. The zero-order valence-corrected chi connectivity index (χ0v) is 13.5. The van der Waals surface area contributed by atoms with Crippen molar-refractivity contribution in [2.24, 2.45) is 0 Å². The van der Waals surface area contributed by atoms with Crippen LogP contribution >= 0.6 is 11.6 Å². The van der Waals surface area contributed by atoms with E-state index in [4.69, 9.17) is 11.6 Å². The highest BCUT2D eigenvalue weighted by molar-refractivity contribution is 6.28. The number of anilines is 1. The van der Waals surface area contributed by atoms with Gasteiger partial charge in [0.1, 0.15) is 0 Å². The minimum atomic E-state index is -0.448. The van der Waals surface area contributed by atoms with E-state index in [2.05, 4.69) is 41.0 Å². The predicted molar refractivity (Wildman–Crippen MR) is 82.1 cm³/mol. The third kappa shape index (κ3) is 2.73. The van der Waals surface area contributed by atoms with Gasteiger partial charge in [0, 0.05) is 17.1 Å². The maximum atomic E-state index is 13.8. The van der Waals surface area contributed by atoms with Crippen LogP contribution in [-0.4, -0.2) is 38.5 Å². The Morgan fingerprint density at radius 1 is 1.38 bits per heavy atom. The van der Waals surface area contributed by atoms with Gasteiger partial charge in [-0.2, -0.15) is 4.98 Å². The molecule has 4 nitrogen and oxygen atoms in total. The number of hydrogen-bond acceptors (Lipinski definition) is 4. The SMILES string of the molecule is CC1(C)C[C@H](Nc2nc(Cl)ncc2F)C[C@]2(C)CCCN12. The van der Waals surface area contributed by atoms with Crippen LogP contribution in [0, 0.1) is 5.82 Å². The molecule has 1 aromatic rings. The monoisotopic (exact) mass is 312 g/mol. The Labute approximate surface area is 130 Å². The molecule has 3 heterocycles. The fourth-order valence-electron chi connectivity index (χ4n) is 4.33. The van der Waals surface area contributed by atoms with E-state index in [0.29, 0.717) is 0 Å². The van der Waals surface area contributed by atoms with Crippen LogP contribution in [0.1, 0.15) is 46.5 Å². The molecule has 0 aromatic carbocycles. The van der Waals surface area contributed by atoms with Gasteiger partial charge in [-0.1, -0.05) is 0 Å². The Kier molecular flexibility index (Phi) is 3.61. The summed E-state index contributed by atoms with van der Waals surface area (Å²) >= 11 is 5.77. The number of fused-ring (bicyclic) bond motifs is 1. The number of hydrogen-bond donors (Lipinski definition) is 1. The molecule has 0 radical (unpaired) electrons. The van der Waals surface area contributed by atoms with E-state index in [0.717, 1.165) is 25.6 Å². The van der Waals surface area contributed by atoms with Crippen LogP contribution in [0.5, 0.6) is 0 Å². The number of nitrogens with one attached hydrogen (secondary N) is 1. The Balaban J connectivity index is 1.82.